The fraction of sp³-hybridized carbons (Fsp3) is 0.222. The third-order valence-electron chi connectivity index (χ3n) is 4.01. The van der Waals surface area contributed by atoms with Gasteiger partial charge in [0.2, 0.25) is 11.8 Å². The van der Waals surface area contributed by atoms with Crippen LogP contribution >= 0.6 is 15.9 Å². The summed E-state index contributed by atoms with van der Waals surface area (Å²) in [5.41, 5.74) is 1.75. The SMILES string of the molecule is Cc1ccc(F)c(NC(=O)[C@H]2CC(=O)N(c3ccc(Br)cc3)C2)c1. The van der Waals surface area contributed by atoms with Crippen LogP contribution < -0.4 is 10.2 Å². The second-order valence-electron chi connectivity index (χ2n) is 5.85. The van der Waals surface area contributed by atoms with Crippen LogP contribution in [-0.4, -0.2) is 18.4 Å². The number of rotatable bonds is 3. The standard InChI is InChI=1S/C18H16BrFN2O2/c1-11-2-7-15(20)16(8-11)21-18(24)12-9-17(23)22(10-12)14-5-3-13(19)4-6-14/h2-8,12H,9-10H2,1H3,(H,21,24)/t12-/m0/s1. The Morgan fingerprint density at radius 3 is 2.67 bits per heavy atom. The second kappa shape index (κ2) is 6.73. The maximum Gasteiger partial charge on any atom is 0.229 e. The van der Waals surface area contributed by atoms with Crippen LogP contribution in [0.4, 0.5) is 15.8 Å². The van der Waals surface area contributed by atoms with Crippen molar-refractivity contribution in [1.82, 2.24) is 0 Å². The molecule has 24 heavy (non-hydrogen) atoms. The molecule has 0 bridgehead atoms. The minimum atomic E-state index is -0.499. The van der Waals surface area contributed by atoms with Gasteiger partial charge in [0.05, 0.1) is 11.6 Å². The smallest absolute Gasteiger partial charge is 0.229 e. The van der Waals surface area contributed by atoms with Crippen LogP contribution in [0.5, 0.6) is 0 Å². The number of aryl methyl sites for hydroxylation is 1. The number of nitrogens with zero attached hydrogens (tertiary/aromatic N) is 1. The van der Waals surface area contributed by atoms with Crippen molar-refractivity contribution in [3.8, 4) is 0 Å². The molecule has 1 fully saturated rings. The van der Waals surface area contributed by atoms with Crippen molar-refractivity contribution in [1.29, 1.82) is 0 Å². The Kier molecular flexibility index (Phi) is 4.66. The van der Waals surface area contributed by atoms with Crippen LogP contribution in [0.3, 0.4) is 0 Å². The predicted octanol–water partition coefficient (Wildman–Crippen LogP) is 3.89. The summed E-state index contributed by atoms with van der Waals surface area (Å²) in [6.07, 6.45) is 0.120. The number of carbonyl (C=O) groups excluding carboxylic acids is 2. The number of halogens is 2. The van der Waals surface area contributed by atoms with Gasteiger partial charge in [-0.3, -0.25) is 9.59 Å². The van der Waals surface area contributed by atoms with Gasteiger partial charge in [0.15, 0.2) is 0 Å². The fourth-order valence-corrected chi connectivity index (χ4v) is 2.99. The highest BCUT2D eigenvalue weighted by molar-refractivity contribution is 9.10. The quantitative estimate of drug-likeness (QED) is 0.863. The third kappa shape index (κ3) is 3.48. The normalized spacial score (nSPS) is 17.2. The summed E-state index contributed by atoms with van der Waals surface area (Å²) in [7, 11) is 0. The Morgan fingerprint density at radius 2 is 1.96 bits per heavy atom. The summed E-state index contributed by atoms with van der Waals surface area (Å²) in [5, 5.41) is 2.59. The highest BCUT2D eigenvalue weighted by atomic mass is 79.9. The first-order valence-electron chi connectivity index (χ1n) is 7.57. The fourth-order valence-electron chi connectivity index (χ4n) is 2.72. The van der Waals surface area contributed by atoms with E-state index in [2.05, 4.69) is 21.2 Å². The van der Waals surface area contributed by atoms with Crippen molar-refractivity contribution >= 4 is 39.1 Å². The Hall–Kier alpha value is -2.21. The van der Waals surface area contributed by atoms with E-state index in [0.29, 0.717) is 6.54 Å². The highest BCUT2D eigenvalue weighted by Crippen LogP contribution is 2.27. The van der Waals surface area contributed by atoms with Gasteiger partial charge in [0, 0.05) is 23.1 Å². The molecule has 0 aromatic heterocycles. The molecule has 124 valence electrons. The molecule has 4 nitrogen and oxygen atoms in total. The Morgan fingerprint density at radius 1 is 1.25 bits per heavy atom. The van der Waals surface area contributed by atoms with E-state index in [-0.39, 0.29) is 23.9 Å². The maximum atomic E-state index is 13.8. The van der Waals surface area contributed by atoms with Gasteiger partial charge >= 0.3 is 0 Å². The van der Waals surface area contributed by atoms with Gasteiger partial charge in [-0.25, -0.2) is 4.39 Å². The van der Waals surface area contributed by atoms with Crippen molar-refractivity contribution in [2.45, 2.75) is 13.3 Å². The molecule has 2 aromatic carbocycles. The number of amides is 2. The Balaban J connectivity index is 1.72. The van der Waals surface area contributed by atoms with Crippen LogP contribution in [-0.2, 0) is 9.59 Å². The number of hydrogen-bond donors (Lipinski definition) is 1. The lowest BCUT2D eigenvalue weighted by atomic mass is 10.1. The van der Waals surface area contributed by atoms with E-state index < -0.39 is 11.7 Å². The molecular weight excluding hydrogens is 375 g/mol. The number of anilines is 2. The van der Waals surface area contributed by atoms with Crippen LogP contribution in [0.15, 0.2) is 46.9 Å². The lowest BCUT2D eigenvalue weighted by Gasteiger charge is -2.17. The Labute approximate surface area is 147 Å². The topological polar surface area (TPSA) is 49.4 Å². The minimum Gasteiger partial charge on any atom is -0.323 e. The summed E-state index contributed by atoms with van der Waals surface area (Å²) in [5.74, 6) is -1.43. The van der Waals surface area contributed by atoms with Gasteiger partial charge in [0.1, 0.15) is 5.82 Å². The molecule has 0 aliphatic carbocycles. The zero-order valence-corrected chi connectivity index (χ0v) is 14.6. The summed E-state index contributed by atoms with van der Waals surface area (Å²) in [6.45, 7) is 2.11. The van der Waals surface area contributed by atoms with Crippen molar-refractivity contribution in [3.05, 3.63) is 58.3 Å². The first-order chi connectivity index (χ1) is 11.4. The maximum absolute atomic E-state index is 13.8. The van der Waals surface area contributed by atoms with E-state index >= 15 is 0 Å². The van der Waals surface area contributed by atoms with E-state index in [1.165, 1.54) is 6.07 Å². The predicted molar refractivity (Wildman–Crippen MR) is 94.4 cm³/mol. The summed E-state index contributed by atoms with van der Waals surface area (Å²) < 4.78 is 14.7. The van der Waals surface area contributed by atoms with Crippen molar-refractivity contribution in [2.75, 3.05) is 16.8 Å². The van der Waals surface area contributed by atoms with Gasteiger partial charge in [-0.05, 0) is 48.9 Å². The molecule has 0 unspecified atom stereocenters. The lowest BCUT2D eigenvalue weighted by molar-refractivity contribution is -0.122. The van der Waals surface area contributed by atoms with E-state index in [1.807, 2.05) is 31.2 Å². The molecule has 1 N–H and O–H groups in total. The molecule has 1 saturated heterocycles. The summed E-state index contributed by atoms with van der Waals surface area (Å²) in [6, 6.07) is 11.9. The largest absolute Gasteiger partial charge is 0.323 e. The molecule has 2 aromatic rings. The van der Waals surface area contributed by atoms with E-state index in [1.54, 1.807) is 17.0 Å². The molecule has 3 rings (SSSR count). The van der Waals surface area contributed by atoms with E-state index in [0.717, 1.165) is 15.7 Å². The zero-order valence-electron chi connectivity index (χ0n) is 13.1. The molecule has 1 atom stereocenters. The average Bonchev–Trinajstić information content (AvgIpc) is 2.94. The monoisotopic (exact) mass is 390 g/mol. The Bertz CT molecular complexity index is 792. The van der Waals surface area contributed by atoms with Crippen molar-refractivity contribution < 1.29 is 14.0 Å². The second-order valence-corrected chi connectivity index (χ2v) is 6.77. The van der Waals surface area contributed by atoms with Gasteiger partial charge in [-0.15, -0.1) is 0 Å². The molecule has 0 saturated carbocycles. The van der Waals surface area contributed by atoms with Gasteiger partial charge < -0.3 is 10.2 Å². The number of benzene rings is 2. The molecule has 6 heteroatoms. The van der Waals surface area contributed by atoms with Crippen molar-refractivity contribution in [2.24, 2.45) is 5.92 Å². The number of hydrogen-bond acceptors (Lipinski definition) is 2. The van der Waals surface area contributed by atoms with Crippen molar-refractivity contribution in [3.63, 3.8) is 0 Å². The van der Waals surface area contributed by atoms with Crippen LogP contribution in [0.2, 0.25) is 0 Å². The number of nitrogens with one attached hydrogen (secondary N) is 1. The van der Waals surface area contributed by atoms with E-state index in [9.17, 15) is 14.0 Å². The van der Waals surface area contributed by atoms with Crippen LogP contribution in [0.1, 0.15) is 12.0 Å². The average molecular weight is 391 g/mol. The summed E-state index contributed by atoms with van der Waals surface area (Å²) >= 11 is 3.35. The number of carbonyl (C=O) groups is 2. The first kappa shape index (κ1) is 16.6. The zero-order chi connectivity index (χ0) is 17.3. The minimum absolute atomic E-state index is 0.109. The molecule has 1 aliphatic heterocycles. The molecule has 0 spiro atoms. The molecule has 0 radical (unpaired) electrons. The van der Waals surface area contributed by atoms with Gasteiger partial charge in [-0.1, -0.05) is 22.0 Å². The van der Waals surface area contributed by atoms with Gasteiger partial charge in [0.25, 0.3) is 0 Å². The third-order valence-corrected chi connectivity index (χ3v) is 4.54. The molecule has 2 amide bonds. The van der Waals surface area contributed by atoms with Crippen LogP contribution in [0, 0.1) is 18.7 Å². The van der Waals surface area contributed by atoms with E-state index in [4.69, 9.17) is 0 Å². The first-order valence-corrected chi connectivity index (χ1v) is 8.36. The lowest BCUT2D eigenvalue weighted by Crippen LogP contribution is -2.28. The molecular formula is C18H16BrFN2O2. The highest BCUT2D eigenvalue weighted by Gasteiger charge is 2.35. The van der Waals surface area contributed by atoms with Gasteiger partial charge in [-0.2, -0.15) is 0 Å². The molecule has 1 heterocycles. The molecule has 1 aliphatic rings. The van der Waals surface area contributed by atoms with Crippen LogP contribution in [0.25, 0.3) is 0 Å². The summed E-state index contributed by atoms with van der Waals surface area (Å²) in [4.78, 5) is 26.2.